The van der Waals surface area contributed by atoms with Gasteiger partial charge in [-0.15, -0.1) is 0 Å². The summed E-state index contributed by atoms with van der Waals surface area (Å²) in [5.41, 5.74) is 0.676. The quantitative estimate of drug-likeness (QED) is 0.871. The molecule has 2 aromatic carbocycles. The van der Waals surface area contributed by atoms with E-state index >= 15 is 0 Å². The second kappa shape index (κ2) is 7.11. The molecular weight excluding hydrogens is 322 g/mol. The van der Waals surface area contributed by atoms with Gasteiger partial charge in [-0.05, 0) is 32.4 Å². The van der Waals surface area contributed by atoms with Crippen molar-refractivity contribution in [2.75, 3.05) is 11.9 Å². The predicted molar refractivity (Wildman–Crippen MR) is 93.8 cm³/mol. The summed E-state index contributed by atoms with van der Waals surface area (Å²) in [6, 6.07) is 10.8. The largest absolute Gasteiger partial charge is 0.481 e. The Kier molecular flexibility index (Phi) is 4.90. The number of aliphatic carboxylic acids is 1. The number of ether oxygens (including phenoxy) is 2. The number of carboxylic acid groups (broad SMARTS) is 1. The standard InChI is InChI=1S/C19H21NO5/c1-11-9-15(12(2)25-11)19(23)20-16-7-8-17(24-10-18(21)22)14-6-4-3-5-13(14)16/h3-8,11-12,15H,9-10H2,1-2H3,(H,20,23)(H,21,22). The Morgan fingerprint density at radius 2 is 1.92 bits per heavy atom. The topological polar surface area (TPSA) is 84.9 Å². The molecular formula is C19H21NO5. The van der Waals surface area contributed by atoms with E-state index in [1.807, 2.05) is 38.1 Å². The molecule has 2 N–H and O–H groups in total. The molecule has 0 aromatic heterocycles. The highest BCUT2D eigenvalue weighted by atomic mass is 16.5. The van der Waals surface area contributed by atoms with Gasteiger partial charge in [-0.25, -0.2) is 4.79 Å². The minimum atomic E-state index is -1.04. The van der Waals surface area contributed by atoms with E-state index < -0.39 is 12.6 Å². The van der Waals surface area contributed by atoms with Crippen molar-refractivity contribution in [1.82, 2.24) is 0 Å². The smallest absolute Gasteiger partial charge is 0.341 e. The highest BCUT2D eigenvalue weighted by molar-refractivity contribution is 6.05. The number of hydrogen-bond donors (Lipinski definition) is 2. The summed E-state index contributed by atoms with van der Waals surface area (Å²) in [6.45, 7) is 3.47. The van der Waals surface area contributed by atoms with Crippen LogP contribution < -0.4 is 10.1 Å². The molecule has 1 saturated heterocycles. The Hall–Kier alpha value is -2.60. The molecule has 0 saturated carbocycles. The number of amides is 1. The molecule has 0 aliphatic carbocycles. The first-order chi connectivity index (χ1) is 12.0. The van der Waals surface area contributed by atoms with Crippen LogP contribution in [0.1, 0.15) is 20.3 Å². The fourth-order valence-electron chi connectivity index (χ4n) is 3.26. The number of fused-ring (bicyclic) bond motifs is 1. The van der Waals surface area contributed by atoms with Crippen LogP contribution in [0.5, 0.6) is 5.75 Å². The summed E-state index contributed by atoms with van der Waals surface area (Å²) in [6.07, 6.45) is 0.666. The van der Waals surface area contributed by atoms with Gasteiger partial charge in [0, 0.05) is 16.5 Å². The van der Waals surface area contributed by atoms with Gasteiger partial charge in [-0.1, -0.05) is 24.3 Å². The first-order valence-electron chi connectivity index (χ1n) is 8.28. The molecule has 1 aliphatic rings. The first kappa shape index (κ1) is 17.2. The molecule has 0 bridgehead atoms. The average molecular weight is 343 g/mol. The van der Waals surface area contributed by atoms with E-state index in [1.54, 1.807) is 12.1 Å². The molecule has 3 unspecified atom stereocenters. The number of carboxylic acids is 1. The van der Waals surface area contributed by atoms with Crippen molar-refractivity contribution in [3.05, 3.63) is 36.4 Å². The second-order valence-corrected chi connectivity index (χ2v) is 6.32. The molecule has 6 heteroatoms. The van der Waals surface area contributed by atoms with E-state index in [2.05, 4.69) is 5.32 Å². The van der Waals surface area contributed by atoms with Crippen LogP contribution in [0.15, 0.2) is 36.4 Å². The zero-order valence-corrected chi connectivity index (χ0v) is 14.2. The van der Waals surface area contributed by atoms with Gasteiger partial charge in [0.2, 0.25) is 5.91 Å². The van der Waals surface area contributed by atoms with Gasteiger partial charge in [0.25, 0.3) is 0 Å². The SMILES string of the molecule is CC1CC(C(=O)Nc2ccc(OCC(=O)O)c3ccccc23)C(C)O1. The Balaban J connectivity index is 1.86. The lowest BCUT2D eigenvalue weighted by Gasteiger charge is -2.16. The van der Waals surface area contributed by atoms with Gasteiger partial charge in [0.15, 0.2) is 6.61 Å². The number of carbonyl (C=O) groups excluding carboxylic acids is 1. The third kappa shape index (κ3) is 3.74. The zero-order valence-electron chi connectivity index (χ0n) is 14.2. The van der Waals surface area contributed by atoms with Gasteiger partial charge in [-0.2, -0.15) is 0 Å². The number of hydrogen-bond acceptors (Lipinski definition) is 4. The third-order valence-corrected chi connectivity index (χ3v) is 4.43. The first-order valence-corrected chi connectivity index (χ1v) is 8.28. The maximum atomic E-state index is 12.6. The van der Waals surface area contributed by atoms with Crippen LogP contribution in [-0.4, -0.2) is 35.8 Å². The van der Waals surface area contributed by atoms with Crippen molar-refractivity contribution in [1.29, 1.82) is 0 Å². The maximum absolute atomic E-state index is 12.6. The lowest BCUT2D eigenvalue weighted by Crippen LogP contribution is -2.27. The number of benzene rings is 2. The average Bonchev–Trinajstić information content (AvgIpc) is 2.92. The predicted octanol–water partition coefficient (Wildman–Crippen LogP) is 3.06. The monoisotopic (exact) mass is 343 g/mol. The molecule has 132 valence electrons. The lowest BCUT2D eigenvalue weighted by atomic mass is 9.99. The summed E-state index contributed by atoms with van der Waals surface area (Å²) in [4.78, 5) is 23.3. The molecule has 0 spiro atoms. The highest BCUT2D eigenvalue weighted by Gasteiger charge is 2.35. The Labute approximate surface area is 145 Å². The van der Waals surface area contributed by atoms with Crippen LogP contribution in [0.4, 0.5) is 5.69 Å². The van der Waals surface area contributed by atoms with Gasteiger partial charge in [-0.3, -0.25) is 4.79 Å². The van der Waals surface area contributed by atoms with Crippen molar-refractivity contribution in [2.45, 2.75) is 32.5 Å². The van der Waals surface area contributed by atoms with Crippen LogP contribution in [0.3, 0.4) is 0 Å². The number of anilines is 1. The molecule has 25 heavy (non-hydrogen) atoms. The molecule has 1 heterocycles. The molecule has 0 radical (unpaired) electrons. The fraction of sp³-hybridized carbons (Fsp3) is 0.368. The van der Waals surface area contributed by atoms with E-state index in [9.17, 15) is 9.59 Å². The van der Waals surface area contributed by atoms with Crippen LogP contribution in [0.2, 0.25) is 0 Å². The minimum absolute atomic E-state index is 0.0683. The molecule has 6 nitrogen and oxygen atoms in total. The Bertz CT molecular complexity index is 804. The summed E-state index contributed by atoms with van der Waals surface area (Å²) in [5, 5.41) is 13.3. The van der Waals surface area contributed by atoms with Crippen molar-refractivity contribution in [3.63, 3.8) is 0 Å². The molecule has 2 aromatic rings. The molecule has 3 atom stereocenters. The third-order valence-electron chi connectivity index (χ3n) is 4.43. The van der Waals surface area contributed by atoms with Crippen molar-refractivity contribution >= 4 is 28.3 Å². The van der Waals surface area contributed by atoms with Crippen molar-refractivity contribution in [2.24, 2.45) is 5.92 Å². The van der Waals surface area contributed by atoms with E-state index in [1.165, 1.54) is 0 Å². The summed E-state index contributed by atoms with van der Waals surface area (Å²) >= 11 is 0. The Morgan fingerprint density at radius 1 is 1.20 bits per heavy atom. The van der Waals surface area contributed by atoms with Gasteiger partial charge < -0.3 is 19.9 Å². The van der Waals surface area contributed by atoms with Gasteiger partial charge >= 0.3 is 5.97 Å². The van der Waals surface area contributed by atoms with Crippen molar-refractivity contribution < 1.29 is 24.2 Å². The molecule has 1 aliphatic heterocycles. The van der Waals surface area contributed by atoms with Gasteiger partial charge in [0.1, 0.15) is 5.75 Å². The van der Waals surface area contributed by atoms with Crippen LogP contribution >= 0.6 is 0 Å². The normalized spacial score (nSPS) is 22.7. The molecule has 1 amide bonds. The van der Waals surface area contributed by atoms with E-state index in [-0.39, 0.29) is 24.0 Å². The van der Waals surface area contributed by atoms with E-state index in [4.69, 9.17) is 14.6 Å². The number of carbonyl (C=O) groups is 2. The summed E-state index contributed by atoms with van der Waals surface area (Å²) < 4.78 is 11.0. The second-order valence-electron chi connectivity index (χ2n) is 6.32. The van der Waals surface area contributed by atoms with Gasteiger partial charge in [0.05, 0.1) is 18.1 Å². The zero-order chi connectivity index (χ0) is 18.0. The van der Waals surface area contributed by atoms with E-state index in [0.717, 1.165) is 10.8 Å². The molecule has 3 rings (SSSR count). The van der Waals surface area contributed by atoms with Crippen LogP contribution in [0, 0.1) is 5.92 Å². The lowest BCUT2D eigenvalue weighted by molar-refractivity contribution is -0.139. The van der Waals surface area contributed by atoms with Crippen LogP contribution in [-0.2, 0) is 14.3 Å². The maximum Gasteiger partial charge on any atom is 0.341 e. The fourth-order valence-corrected chi connectivity index (χ4v) is 3.26. The highest BCUT2D eigenvalue weighted by Crippen LogP contribution is 2.33. The molecule has 1 fully saturated rings. The number of nitrogens with one attached hydrogen (secondary N) is 1. The summed E-state index contributed by atoms with van der Waals surface area (Å²) in [7, 11) is 0. The van der Waals surface area contributed by atoms with E-state index in [0.29, 0.717) is 17.9 Å². The Morgan fingerprint density at radius 3 is 2.56 bits per heavy atom. The minimum Gasteiger partial charge on any atom is -0.481 e. The van der Waals surface area contributed by atoms with Crippen LogP contribution in [0.25, 0.3) is 10.8 Å². The van der Waals surface area contributed by atoms with Crippen molar-refractivity contribution in [3.8, 4) is 5.75 Å². The number of rotatable bonds is 5. The summed E-state index contributed by atoms with van der Waals surface area (Å²) in [5.74, 6) is -0.814.